The number of nitrogens with zero attached hydrogens (tertiary/aromatic N) is 3. The van der Waals surface area contributed by atoms with Crippen LogP contribution in [0.15, 0.2) is 101 Å². The topological polar surface area (TPSA) is 51.8 Å². The van der Waals surface area contributed by atoms with E-state index in [-0.39, 0.29) is 28.6 Å². The van der Waals surface area contributed by atoms with Crippen LogP contribution in [0.3, 0.4) is 0 Å². The van der Waals surface area contributed by atoms with Crippen LogP contribution in [0.25, 0.3) is 56.1 Å². The van der Waals surface area contributed by atoms with Crippen molar-refractivity contribution in [3.63, 3.8) is 0 Å². The van der Waals surface area contributed by atoms with Crippen molar-refractivity contribution in [1.82, 2.24) is 15.0 Å². The monoisotopic (exact) mass is 443 g/mol. The van der Waals surface area contributed by atoms with E-state index in [9.17, 15) is 0 Å². The third kappa shape index (κ3) is 3.22. The second-order valence-electron chi connectivity index (χ2n) is 6.73. The summed E-state index contributed by atoms with van der Waals surface area (Å²) >= 11 is 6.27. The number of hydrogen-bond acceptors (Lipinski definition) is 4. The smallest absolute Gasteiger partial charge is 0.164 e. The number of rotatable bonds is 3. The molecule has 0 saturated heterocycles. The van der Waals surface area contributed by atoms with Gasteiger partial charge in [-0.25, -0.2) is 15.0 Å². The summed E-state index contributed by atoms with van der Waals surface area (Å²) in [4.78, 5) is 13.3. The summed E-state index contributed by atoms with van der Waals surface area (Å²) in [5, 5.41) is 1.62. The average molecular weight is 444 g/mol. The maximum absolute atomic E-state index is 8.48. The summed E-state index contributed by atoms with van der Waals surface area (Å²) in [6.45, 7) is 0. The minimum Gasteiger partial charge on any atom is -0.456 e. The van der Waals surface area contributed by atoms with Gasteiger partial charge in [-0.15, -0.1) is 0 Å². The van der Waals surface area contributed by atoms with Gasteiger partial charge in [-0.3, -0.25) is 0 Å². The van der Waals surface area contributed by atoms with Crippen LogP contribution in [0.4, 0.5) is 0 Å². The third-order valence-corrected chi connectivity index (χ3v) is 5.02. The van der Waals surface area contributed by atoms with Crippen LogP contribution in [0.5, 0.6) is 0 Å². The fourth-order valence-corrected chi connectivity index (χ4v) is 3.60. The zero-order valence-corrected chi connectivity index (χ0v) is 16.8. The molecule has 4 nitrogen and oxygen atoms in total. The van der Waals surface area contributed by atoms with E-state index in [2.05, 4.69) is 15.0 Å². The molecule has 2 aromatic heterocycles. The highest BCUT2D eigenvalue weighted by Crippen LogP contribution is 2.37. The molecule has 0 bridgehead atoms. The zero-order valence-electron chi connectivity index (χ0n) is 26.1. The molecule has 2 heterocycles. The number of furan rings is 1. The number of fused-ring (bicyclic) bond motifs is 3. The summed E-state index contributed by atoms with van der Waals surface area (Å²) < 4.78 is 88.3. The Hall–Kier alpha value is -4.02. The van der Waals surface area contributed by atoms with E-state index in [0.717, 1.165) is 0 Å². The highest BCUT2D eigenvalue weighted by atomic mass is 35.5. The molecule has 0 aliphatic heterocycles. The first-order valence-corrected chi connectivity index (χ1v) is 9.80. The molecule has 0 unspecified atom stereocenters. The van der Waals surface area contributed by atoms with E-state index in [1.165, 1.54) is 0 Å². The number of hydrogen-bond donors (Lipinski definition) is 0. The van der Waals surface area contributed by atoms with Crippen LogP contribution >= 0.6 is 11.6 Å². The molecule has 0 aliphatic carbocycles. The SMILES string of the molecule is [2H]c1c([2H])c([2H])c(-c2nc(-c3c([2H])c([2H])c([2H])c([2H])c3[2H])nc(-c3cccc4oc5ccc(Cl)cc5c34)n2)c([2H])c1[2H]. The van der Waals surface area contributed by atoms with Crippen LogP contribution in [-0.4, -0.2) is 15.0 Å². The van der Waals surface area contributed by atoms with E-state index in [1.807, 2.05) is 0 Å². The first-order chi connectivity index (χ1) is 19.9. The minimum absolute atomic E-state index is 0.0538. The molecule has 0 N–H and O–H groups in total. The van der Waals surface area contributed by atoms with E-state index in [4.69, 9.17) is 29.7 Å². The van der Waals surface area contributed by atoms with Gasteiger partial charge in [0.2, 0.25) is 0 Å². The Kier molecular flexibility index (Phi) is 2.62. The normalized spacial score (nSPS) is 15.7. The molecule has 0 amide bonds. The molecule has 32 heavy (non-hydrogen) atoms. The van der Waals surface area contributed by atoms with Crippen molar-refractivity contribution < 1.29 is 18.1 Å². The predicted molar refractivity (Wildman–Crippen MR) is 128 cm³/mol. The summed E-state index contributed by atoms with van der Waals surface area (Å²) in [6.07, 6.45) is 0. The predicted octanol–water partition coefficient (Wildman–Crippen LogP) is 7.43. The van der Waals surface area contributed by atoms with Crippen molar-refractivity contribution in [3.8, 4) is 34.2 Å². The van der Waals surface area contributed by atoms with E-state index >= 15 is 0 Å². The van der Waals surface area contributed by atoms with Crippen LogP contribution in [-0.2, 0) is 0 Å². The standard InChI is InChI=1S/C27H16ClN3O/c28-19-14-15-22-21(16-19)24-20(12-7-13-23(24)32-22)27-30-25(17-8-3-1-4-9-17)29-26(31-27)18-10-5-2-6-11-18/h1-16H/i1D,2D,3D,4D,5D,6D,8D,9D,10D,11D. The minimum atomic E-state index is -0.616. The number of benzene rings is 4. The Morgan fingerprint density at radius 1 is 0.688 bits per heavy atom. The molecule has 4 aromatic carbocycles. The van der Waals surface area contributed by atoms with Gasteiger partial charge in [0, 0.05) is 32.5 Å². The molecule has 0 aliphatic rings. The Labute approximate surface area is 203 Å². The van der Waals surface area contributed by atoms with Gasteiger partial charge >= 0.3 is 0 Å². The quantitative estimate of drug-likeness (QED) is 0.285. The van der Waals surface area contributed by atoms with Crippen molar-refractivity contribution in [1.29, 1.82) is 0 Å². The van der Waals surface area contributed by atoms with Gasteiger partial charge < -0.3 is 4.42 Å². The van der Waals surface area contributed by atoms with Gasteiger partial charge in [0.25, 0.3) is 0 Å². The fourth-order valence-electron chi connectivity index (χ4n) is 3.43. The fraction of sp³-hybridized carbons (Fsp3) is 0. The van der Waals surface area contributed by atoms with Gasteiger partial charge in [-0.05, 0) is 24.3 Å². The Balaban J connectivity index is 1.76. The molecule has 0 atom stereocenters. The molecule has 6 rings (SSSR count). The van der Waals surface area contributed by atoms with Crippen LogP contribution in [0.2, 0.25) is 5.02 Å². The molecule has 5 heteroatoms. The molecule has 0 saturated carbocycles. The Morgan fingerprint density at radius 2 is 1.31 bits per heavy atom. The van der Waals surface area contributed by atoms with Gasteiger partial charge in [0.1, 0.15) is 11.2 Å². The van der Waals surface area contributed by atoms with Crippen molar-refractivity contribution in [2.24, 2.45) is 0 Å². The van der Waals surface area contributed by atoms with Gasteiger partial charge in [0.05, 0.1) is 13.7 Å². The lowest BCUT2D eigenvalue weighted by Gasteiger charge is -2.09. The largest absolute Gasteiger partial charge is 0.456 e. The molecule has 0 radical (unpaired) electrons. The molecule has 152 valence electrons. The lowest BCUT2D eigenvalue weighted by Crippen LogP contribution is -2.00. The number of halogens is 1. The second kappa shape index (κ2) is 7.59. The third-order valence-electron chi connectivity index (χ3n) is 4.78. The lowest BCUT2D eigenvalue weighted by molar-refractivity contribution is 0.669. The second-order valence-corrected chi connectivity index (χ2v) is 7.16. The molecule has 6 aromatic rings. The van der Waals surface area contributed by atoms with Crippen LogP contribution in [0.1, 0.15) is 13.7 Å². The average Bonchev–Trinajstić information content (AvgIpc) is 3.35. The summed E-state index contributed by atoms with van der Waals surface area (Å²) in [5.74, 6) is -0.745. The maximum atomic E-state index is 8.48. The van der Waals surface area contributed by atoms with Crippen molar-refractivity contribution in [3.05, 3.63) is 102 Å². The Bertz CT molecular complexity index is 1990. The molecule has 0 spiro atoms. The summed E-state index contributed by atoms with van der Waals surface area (Å²) in [5.41, 5.74) is 0.681. The lowest BCUT2D eigenvalue weighted by atomic mass is 10.1. The van der Waals surface area contributed by atoms with E-state index in [0.29, 0.717) is 32.5 Å². The van der Waals surface area contributed by atoms with Crippen LogP contribution in [0, 0.1) is 0 Å². The van der Waals surface area contributed by atoms with Crippen molar-refractivity contribution in [2.75, 3.05) is 0 Å². The van der Waals surface area contributed by atoms with Gasteiger partial charge in [-0.2, -0.15) is 0 Å². The Morgan fingerprint density at radius 3 is 1.97 bits per heavy atom. The van der Waals surface area contributed by atoms with E-state index < -0.39 is 60.4 Å². The van der Waals surface area contributed by atoms with Crippen molar-refractivity contribution in [2.45, 2.75) is 0 Å². The van der Waals surface area contributed by atoms with Crippen LogP contribution < -0.4 is 0 Å². The number of aromatic nitrogens is 3. The van der Waals surface area contributed by atoms with Gasteiger partial charge in [-0.1, -0.05) is 84.2 Å². The molecular formula is C27H16ClN3O. The van der Waals surface area contributed by atoms with Crippen molar-refractivity contribution >= 4 is 33.5 Å². The first kappa shape index (κ1) is 11.0. The summed E-state index contributed by atoms with van der Waals surface area (Å²) in [7, 11) is 0. The first-order valence-electron chi connectivity index (χ1n) is 14.4. The summed E-state index contributed by atoms with van der Waals surface area (Å²) in [6, 6.07) is 4.13. The zero-order chi connectivity index (χ0) is 30.2. The molecular weight excluding hydrogens is 418 g/mol. The van der Waals surface area contributed by atoms with E-state index in [1.54, 1.807) is 36.4 Å². The highest BCUT2D eigenvalue weighted by molar-refractivity contribution is 6.32. The highest BCUT2D eigenvalue weighted by Gasteiger charge is 2.17. The maximum Gasteiger partial charge on any atom is 0.164 e. The molecule has 0 fully saturated rings. The van der Waals surface area contributed by atoms with Gasteiger partial charge in [0.15, 0.2) is 17.5 Å².